The van der Waals surface area contributed by atoms with E-state index in [2.05, 4.69) is 13.8 Å². The van der Waals surface area contributed by atoms with Gasteiger partial charge < -0.3 is 15.5 Å². The van der Waals surface area contributed by atoms with Gasteiger partial charge in [-0.1, -0.05) is 13.8 Å². The highest BCUT2D eigenvalue weighted by atomic mass is 16.2. The monoisotopic (exact) mass is 253 g/mol. The lowest BCUT2D eigenvalue weighted by Crippen LogP contribution is -2.56. The molecule has 2 unspecified atom stereocenters. The number of carbonyl (C=O) groups excluding carboxylic acids is 1. The molecule has 0 radical (unpaired) electrons. The molecule has 4 heteroatoms. The van der Waals surface area contributed by atoms with Crippen molar-refractivity contribution in [3.63, 3.8) is 0 Å². The zero-order valence-electron chi connectivity index (χ0n) is 11.8. The van der Waals surface area contributed by atoms with Gasteiger partial charge in [0.2, 0.25) is 0 Å². The number of hydrogen-bond donors (Lipinski definition) is 1. The van der Waals surface area contributed by atoms with Crippen LogP contribution in [0, 0.1) is 11.8 Å². The van der Waals surface area contributed by atoms with E-state index < -0.39 is 0 Å². The van der Waals surface area contributed by atoms with Crippen molar-refractivity contribution in [1.29, 1.82) is 0 Å². The third-order valence-corrected chi connectivity index (χ3v) is 4.66. The molecule has 2 aliphatic rings. The summed E-state index contributed by atoms with van der Waals surface area (Å²) in [6, 6.07) is 0.467. The van der Waals surface area contributed by atoms with Crippen molar-refractivity contribution >= 4 is 6.03 Å². The molecule has 0 spiro atoms. The standard InChI is InChI=1S/C14H27N3O/c1-11-5-8-16(9-6-11)14(18)17-7-3-4-12(2)13(17)10-15/h11-13H,3-10,15H2,1-2H3. The normalized spacial score (nSPS) is 30.6. The Balaban J connectivity index is 1.98. The van der Waals surface area contributed by atoms with Crippen LogP contribution in [0.2, 0.25) is 0 Å². The minimum Gasteiger partial charge on any atom is -0.328 e. The second kappa shape index (κ2) is 5.91. The van der Waals surface area contributed by atoms with Crippen LogP contribution in [-0.4, -0.2) is 48.1 Å². The van der Waals surface area contributed by atoms with Crippen LogP contribution in [0.5, 0.6) is 0 Å². The Morgan fingerprint density at radius 1 is 1.17 bits per heavy atom. The number of piperidine rings is 2. The Morgan fingerprint density at radius 2 is 1.83 bits per heavy atom. The van der Waals surface area contributed by atoms with Crippen LogP contribution in [0.15, 0.2) is 0 Å². The van der Waals surface area contributed by atoms with E-state index in [4.69, 9.17) is 5.73 Å². The molecule has 2 amide bonds. The lowest BCUT2D eigenvalue weighted by atomic mass is 9.91. The average molecular weight is 253 g/mol. The number of amides is 2. The fourth-order valence-corrected chi connectivity index (χ4v) is 3.23. The molecule has 0 aromatic carbocycles. The molecule has 2 rings (SSSR count). The van der Waals surface area contributed by atoms with E-state index in [0.717, 1.165) is 44.8 Å². The fraction of sp³-hybridized carbons (Fsp3) is 0.929. The average Bonchev–Trinajstić information content (AvgIpc) is 2.38. The summed E-state index contributed by atoms with van der Waals surface area (Å²) in [4.78, 5) is 16.6. The first-order valence-corrected chi connectivity index (χ1v) is 7.39. The summed E-state index contributed by atoms with van der Waals surface area (Å²) in [5.41, 5.74) is 5.86. The predicted octanol–water partition coefficient (Wildman–Crippen LogP) is 1.90. The maximum absolute atomic E-state index is 12.6. The van der Waals surface area contributed by atoms with Gasteiger partial charge in [-0.05, 0) is 37.5 Å². The summed E-state index contributed by atoms with van der Waals surface area (Å²) in [6.45, 7) is 7.81. The third-order valence-electron chi connectivity index (χ3n) is 4.66. The zero-order valence-corrected chi connectivity index (χ0v) is 11.8. The van der Waals surface area contributed by atoms with Gasteiger partial charge in [0, 0.05) is 32.2 Å². The Morgan fingerprint density at radius 3 is 2.44 bits per heavy atom. The lowest BCUT2D eigenvalue weighted by molar-refractivity contribution is 0.0852. The van der Waals surface area contributed by atoms with E-state index >= 15 is 0 Å². The van der Waals surface area contributed by atoms with Gasteiger partial charge in [0.15, 0.2) is 0 Å². The molecule has 2 heterocycles. The quantitative estimate of drug-likeness (QED) is 0.776. The van der Waals surface area contributed by atoms with E-state index in [-0.39, 0.29) is 12.1 Å². The maximum atomic E-state index is 12.6. The van der Waals surface area contributed by atoms with Crippen molar-refractivity contribution in [2.75, 3.05) is 26.2 Å². The fourth-order valence-electron chi connectivity index (χ4n) is 3.23. The minimum absolute atomic E-state index is 0.226. The van der Waals surface area contributed by atoms with Gasteiger partial charge in [-0.2, -0.15) is 0 Å². The van der Waals surface area contributed by atoms with Gasteiger partial charge in [-0.15, -0.1) is 0 Å². The third kappa shape index (κ3) is 2.79. The summed E-state index contributed by atoms with van der Waals surface area (Å²) in [5.74, 6) is 1.30. The predicted molar refractivity (Wildman–Crippen MR) is 73.3 cm³/mol. The van der Waals surface area contributed by atoms with Crippen LogP contribution in [0.1, 0.15) is 39.5 Å². The van der Waals surface area contributed by atoms with Crippen molar-refractivity contribution < 1.29 is 4.79 Å². The highest BCUT2D eigenvalue weighted by Crippen LogP contribution is 2.25. The largest absolute Gasteiger partial charge is 0.328 e. The summed E-state index contributed by atoms with van der Waals surface area (Å²) < 4.78 is 0. The molecular weight excluding hydrogens is 226 g/mol. The Hall–Kier alpha value is -0.770. The number of rotatable bonds is 1. The molecule has 0 saturated carbocycles. The molecule has 2 atom stereocenters. The molecule has 0 bridgehead atoms. The van der Waals surface area contributed by atoms with Crippen molar-refractivity contribution in [2.24, 2.45) is 17.6 Å². The van der Waals surface area contributed by atoms with Gasteiger partial charge >= 0.3 is 6.03 Å². The highest BCUT2D eigenvalue weighted by molar-refractivity contribution is 5.75. The van der Waals surface area contributed by atoms with E-state index in [1.54, 1.807) is 0 Å². The first kappa shape index (κ1) is 13.7. The van der Waals surface area contributed by atoms with Crippen molar-refractivity contribution in [2.45, 2.75) is 45.6 Å². The van der Waals surface area contributed by atoms with E-state index in [0.29, 0.717) is 12.5 Å². The molecule has 2 saturated heterocycles. The Bertz CT molecular complexity index is 287. The molecule has 18 heavy (non-hydrogen) atoms. The molecule has 0 aromatic rings. The van der Waals surface area contributed by atoms with Gasteiger partial charge in [-0.3, -0.25) is 0 Å². The van der Waals surface area contributed by atoms with Crippen molar-refractivity contribution in [1.82, 2.24) is 9.80 Å². The van der Waals surface area contributed by atoms with Crippen molar-refractivity contribution in [3.8, 4) is 0 Å². The highest BCUT2D eigenvalue weighted by Gasteiger charge is 2.34. The maximum Gasteiger partial charge on any atom is 0.320 e. The van der Waals surface area contributed by atoms with Crippen molar-refractivity contribution in [3.05, 3.63) is 0 Å². The first-order chi connectivity index (χ1) is 8.63. The number of urea groups is 1. The number of hydrogen-bond acceptors (Lipinski definition) is 2. The number of nitrogens with zero attached hydrogens (tertiary/aromatic N) is 2. The van der Waals surface area contributed by atoms with E-state index in [1.165, 1.54) is 6.42 Å². The van der Waals surface area contributed by atoms with Crippen LogP contribution in [0.4, 0.5) is 4.79 Å². The molecule has 2 N–H and O–H groups in total. The van der Waals surface area contributed by atoms with Gasteiger partial charge in [0.1, 0.15) is 0 Å². The summed E-state index contributed by atoms with van der Waals surface area (Å²) >= 11 is 0. The molecule has 2 aliphatic heterocycles. The van der Waals surface area contributed by atoms with E-state index in [1.807, 2.05) is 9.80 Å². The first-order valence-electron chi connectivity index (χ1n) is 7.39. The molecule has 0 aliphatic carbocycles. The second-order valence-electron chi connectivity index (χ2n) is 6.07. The Kier molecular flexibility index (Phi) is 4.49. The van der Waals surface area contributed by atoms with Crippen LogP contribution < -0.4 is 5.73 Å². The molecule has 104 valence electrons. The number of nitrogens with two attached hydrogens (primary N) is 1. The molecule has 4 nitrogen and oxygen atoms in total. The van der Waals surface area contributed by atoms with E-state index in [9.17, 15) is 4.79 Å². The van der Waals surface area contributed by atoms with Gasteiger partial charge in [0.25, 0.3) is 0 Å². The van der Waals surface area contributed by atoms with Crippen LogP contribution in [0.25, 0.3) is 0 Å². The zero-order chi connectivity index (χ0) is 13.1. The Labute approximate surface area is 110 Å². The van der Waals surface area contributed by atoms with Gasteiger partial charge in [-0.25, -0.2) is 4.79 Å². The summed E-state index contributed by atoms with van der Waals surface area (Å²) in [5, 5.41) is 0. The molecule has 0 aromatic heterocycles. The number of carbonyl (C=O) groups is 1. The topological polar surface area (TPSA) is 49.6 Å². The summed E-state index contributed by atoms with van der Waals surface area (Å²) in [6.07, 6.45) is 4.60. The smallest absolute Gasteiger partial charge is 0.320 e. The van der Waals surface area contributed by atoms with Crippen LogP contribution >= 0.6 is 0 Å². The van der Waals surface area contributed by atoms with Crippen LogP contribution in [0.3, 0.4) is 0 Å². The minimum atomic E-state index is 0.226. The second-order valence-corrected chi connectivity index (χ2v) is 6.07. The molecule has 2 fully saturated rings. The summed E-state index contributed by atoms with van der Waals surface area (Å²) in [7, 11) is 0. The molecular formula is C14H27N3O. The lowest BCUT2D eigenvalue weighted by Gasteiger charge is -2.43. The number of likely N-dealkylation sites (tertiary alicyclic amines) is 2. The van der Waals surface area contributed by atoms with Gasteiger partial charge in [0.05, 0.1) is 0 Å². The van der Waals surface area contributed by atoms with Crippen LogP contribution in [-0.2, 0) is 0 Å². The SMILES string of the molecule is CC1CCN(C(=O)N2CCCC(C)C2CN)CC1.